The maximum absolute atomic E-state index is 11.5. The van der Waals surface area contributed by atoms with Crippen LogP contribution >= 0.6 is 0 Å². The summed E-state index contributed by atoms with van der Waals surface area (Å²) in [6.45, 7) is 7.53. The Morgan fingerprint density at radius 1 is 1.04 bits per heavy atom. The molecule has 0 atom stereocenters. The van der Waals surface area contributed by atoms with Crippen LogP contribution in [0.1, 0.15) is 19.8 Å². The third-order valence-corrected chi connectivity index (χ3v) is 5.21. The molecular formula is C16H24N6O3. The van der Waals surface area contributed by atoms with Crippen LogP contribution in [0.25, 0.3) is 0 Å². The lowest BCUT2D eigenvalue weighted by atomic mass is 10.0. The first-order chi connectivity index (χ1) is 12.2. The molecule has 3 aliphatic rings. The van der Waals surface area contributed by atoms with Gasteiger partial charge in [-0.3, -0.25) is 4.79 Å². The van der Waals surface area contributed by atoms with E-state index in [1.807, 2.05) is 4.90 Å². The summed E-state index contributed by atoms with van der Waals surface area (Å²) in [4.78, 5) is 22.3. The Labute approximate surface area is 146 Å². The van der Waals surface area contributed by atoms with E-state index in [4.69, 9.17) is 14.5 Å². The van der Waals surface area contributed by atoms with Gasteiger partial charge in [-0.1, -0.05) is 0 Å². The number of hydrogen-bond donors (Lipinski definition) is 0. The zero-order valence-electron chi connectivity index (χ0n) is 14.6. The lowest BCUT2D eigenvalue weighted by Crippen LogP contribution is -2.48. The number of hydrogen-bond acceptors (Lipinski definition) is 8. The van der Waals surface area contributed by atoms with Crippen molar-refractivity contribution in [3.8, 4) is 0 Å². The minimum Gasteiger partial charge on any atom is -0.352 e. The standard InChI is InChI=1S/C16H24N6O3/c1-13(23)20-6-8-21(9-7-20)14-12-17-19-15(18-14)22-4-2-16(3-5-22)24-10-11-25-16/h12H,2-11H2,1H3. The van der Waals surface area contributed by atoms with Gasteiger partial charge in [-0.2, -0.15) is 10.1 Å². The van der Waals surface area contributed by atoms with Crippen LogP contribution < -0.4 is 9.80 Å². The van der Waals surface area contributed by atoms with E-state index in [0.29, 0.717) is 19.2 Å². The third-order valence-electron chi connectivity index (χ3n) is 5.21. The number of amides is 1. The van der Waals surface area contributed by atoms with E-state index < -0.39 is 5.79 Å². The van der Waals surface area contributed by atoms with Crippen molar-refractivity contribution in [1.29, 1.82) is 0 Å². The summed E-state index contributed by atoms with van der Waals surface area (Å²) in [5.41, 5.74) is 0. The van der Waals surface area contributed by atoms with Crippen LogP contribution in [0.15, 0.2) is 6.20 Å². The van der Waals surface area contributed by atoms with Crippen molar-refractivity contribution in [2.75, 3.05) is 62.3 Å². The van der Waals surface area contributed by atoms with Gasteiger partial charge >= 0.3 is 0 Å². The first-order valence-electron chi connectivity index (χ1n) is 8.88. The Morgan fingerprint density at radius 3 is 2.36 bits per heavy atom. The van der Waals surface area contributed by atoms with Gasteiger partial charge in [-0.25, -0.2) is 0 Å². The van der Waals surface area contributed by atoms with Gasteiger partial charge in [-0.05, 0) is 0 Å². The molecule has 0 saturated carbocycles. The van der Waals surface area contributed by atoms with Gasteiger partial charge in [0.2, 0.25) is 11.9 Å². The molecule has 0 aliphatic carbocycles. The monoisotopic (exact) mass is 348 g/mol. The topological polar surface area (TPSA) is 83.9 Å². The van der Waals surface area contributed by atoms with Crippen molar-refractivity contribution in [3.63, 3.8) is 0 Å². The molecule has 1 aromatic rings. The molecule has 1 amide bonds. The van der Waals surface area contributed by atoms with Crippen molar-refractivity contribution in [2.24, 2.45) is 0 Å². The smallest absolute Gasteiger partial charge is 0.247 e. The highest BCUT2D eigenvalue weighted by Crippen LogP contribution is 2.32. The lowest BCUT2D eigenvalue weighted by Gasteiger charge is -2.38. The van der Waals surface area contributed by atoms with Crippen LogP contribution in [0, 0.1) is 0 Å². The number of anilines is 2. The van der Waals surface area contributed by atoms with E-state index in [1.54, 1.807) is 13.1 Å². The highest BCUT2D eigenvalue weighted by atomic mass is 16.7. The summed E-state index contributed by atoms with van der Waals surface area (Å²) in [5, 5.41) is 8.35. The molecule has 9 nitrogen and oxygen atoms in total. The van der Waals surface area contributed by atoms with Crippen molar-refractivity contribution in [3.05, 3.63) is 6.20 Å². The summed E-state index contributed by atoms with van der Waals surface area (Å²) in [5.74, 6) is 1.20. The molecular weight excluding hydrogens is 324 g/mol. The predicted octanol–water partition coefficient (Wildman–Crippen LogP) is -0.117. The number of carbonyl (C=O) groups is 1. The van der Waals surface area contributed by atoms with Gasteiger partial charge in [0.15, 0.2) is 11.6 Å². The Kier molecular flexibility index (Phi) is 4.43. The third kappa shape index (κ3) is 3.38. The van der Waals surface area contributed by atoms with Crippen LogP contribution in [0.4, 0.5) is 11.8 Å². The van der Waals surface area contributed by atoms with Gasteiger partial charge in [-0.15, -0.1) is 5.10 Å². The predicted molar refractivity (Wildman–Crippen MR) is 90.4 cm³/mol. The van der Waals surface area contributed by atoms with Crippen molar-refractivity contribution >= 4 is 17.7 Å². The lowest BCUT2D eigenvalue weighted by molar-refractivity contribution is -0.169. The average molecular weight is 348 g/mol. The summed E-state index contributed by atoms with van der Waals surface area (Å²) in [6.07, 6.45) is 3.33. The van der Waals surface area contributed by atoms with E-state index in [1.165, 1.54) is 0 Å². The molecule has 4 heterocycles. The second-order valence-electron chi connectivity index (χ2n) is 6.70. The van der Waals surface area contributed by atoms with E-state index in [0.717, 1.165) is 57.9 Å². The molecule has 0 aromatic carbocycles. The quantitative estimate of drug-likeness (QED) is 0.732. The molecule has 0 N–H and O–H groups in total. The first-order valence-corrected chi connectivity index (χ1v) is 8.88. The van der Waals surface area contributed by atoms with Crippen LogP contribution in [0.2, 0.25) is 0 Å². The van der Waals surface area contributed by atoms with Gasteiger partial charge in [0, 0.05) is 59.0 Å². The molecule has 9 heteroatoms. The molecule has 3 saturated heterocycles. The number of carbonyl (C=O) groups excluding carboxylic acids is 1. The summed E-state index contributed by atoms with van der Waals surface area (Å²) < 4.78 is 11.5. The van der Waals surface area contributed by atoms with E-state index in [9.17, 15) is 4.79 Å². The molecule has 4 rings (SSSR count). The normalized spacial score (nSPS) is 23.3. The zero-order valence-corrected chi connectivity index (χ0v) is 14.6. The molecule has 1 aromatic heterocycles. The Bertz CT molecular complexity index is 618. The van der Waals surface area contributed by atoms with Crippen molar-refractivity contribution < 1.29 is 14.3 Å². The Morgan fingerprint density at radius 2 is 1.72 bits per heavy atom. The molecule has 0 unspecified atom stereocenters. The summed E-state index contributed by atoms with van der Waals surface area (Å²) in [6, 6.07) is 0. The van der Waals surface area contributed by atoms with Crippen LogP contribution in [0.5, 0.6) is 0 Å². The molecule has 0 radical (unpaired) electrons. The van der Waals surface area contributed by atoms with Crippen molar-refractivity contribution in [1.82, 2.24) is 20.1 Å². The fourth-order valence-electron chi connectivity index (χ4n) is 3.66. The maximum Gasteiger partial charge on any atom is 0.247 e. The van der Waals surface area contributed by atoms with E-state index in [2.05, 4.69) is 20.0 Å². The van der Waals surface area contributed by atoms with E-state index in [-0.39, 0.29) is 5.91 Å². The number of aromatic nitrogens is 3. The molecule has 136 valence electrons. The fraction of sp³-hybridized carbons (Fsp3) is 0.750. The van der Waals surface area contributed by atoms with Gasteiger partial charge in [0.25, 0.3) is 0 Å². The fourth-order valence-corrected chi connectivity index (χ4v) is 3.66. The molecule has 0 bridgehead atoms. The Hall–Kier alpha value is -2.00. The average Bonchev–Trinajstić information content (AvgIpc) is 3.10. The number of piperidine rings is 1. The second-order valence-corrected chi connectivity index (χ2v) is 6.70. The SMILES string of the molecule is CC(=O)N1CCN(c2cnnc(N3CCC4(CC3)OCCO4)n2)CC1. The number of nitrogens with zero attached hydrogens (tertiary/aromatic N) is 6. The largest absolute Gasteiger partial charge is 0.352 e. The Balaban J connectivity index is 1.39. The molecule has 1 spiro atoms. The second kappa shape index (κ2) is 6.72. The summed E-state index contributed by atoms with van der Waals surface area (Å²) >= 11 is 0. The minimum absolute atomic E-state index is 0.125. The van der Waals surface area contributed by atoms with Crippen LogP contribution in [0.3, 0.4) is 0 Å². The highest BCUT2D eigenvalue weighted by molar-refractivity contribution is 5.73. The minimum atomic E-state index is -0.398. The van der Waals surface area contributed by atoms with E-state index >= 15 is 0 Å². The van der Waals surface area contributed by atoms with Gasteiger partial charge in [0.05, 0.1) is 19.4 Å². The molecule has 3 aliphatic heterocycles. The van der Waals surface area contributed by atoms with Crippen molar-refractivity contribution in [2.45, 2.75) is 25.6 Å². The molecule has 3 fully saturated rings. The molecule has 25 heavy (non-hydrogen) atoms. The highest BCUT2D eigenvalue weighted by Gasteiger charge is 2.40. The summed E-state index contributed by atoms with van der Waals surface area (Å²) in [7, 11) is 0. The first kappa shape index (κ1) is 16.5. The zero-order chi connectivity index (χ0) is 17.3. The number of ether oxygens (including phenoxy) is 2. The number of piperazine rings is 1. The maximum atomic E-state index is 11.5. The van der Waals surface area contributed by atoms with Crippen LogP contribution in [-0.2, 0) is 14.3 Å². The van der Waals surface area contributed by atoms with Gasteiger partial charge in [0.1, 0.15) is 0 Å². The van der Waals surface area contributed by atoms with Crippen LogP contribution in [-0.4, -0.2) is 84.3 Å². The number of rotatable bonds is 2. The van der Waals surface area contributed by atoms with Gasteiger partial charge < -0.3 is 24.2 Å².